The molecule has 0 spiro atoms. The van der Waals surface area contributed by atoms with Crippen molar-refractivity contribution in [3.05, 3.63) is 54.1 Å². The Morgan fingerprint density at radius 1 is 1.33 bits per heavy atom. The van der Waals surface area contributed by atoms with Gasteiger partial charge in [-0.1, -0.05) is 6.07 Å². The van der Waals surface area contributed by atoms with Crippen LogP contribution in [0.1, 0.15) is 22.1 Å². The number of aliphatic imine (C=N–C) groups is 2. The number of benzene rings is 1. The molecule has 138 valence electrons. The van der Waals surface area contributed by atoms with Crippen LogP contribution in [0, 0.1) is 0 Å². The number of amidine groups is 2. The molecule has 0 fully saturated rings. The van der Waals surface area contributed by atoms with Gasteiger partial charge in [0.2, 0.25) is 0 Å². The zero-order chi connectivity index (χ0) is 19.0. The van der Waals surface area contributed by atoms with Gasteiger partial charge in [-0.2, -0.15) is 5.10 Å². The van der Waals surface area contributed by atoms with Crippen LogP contribution in [0.15, 0.2) is 52.8 Å². The number of anilines is 2. The van der Waals surface area contributed by atoms with Crippen molar-refractivity contribution in [2.75, 3.05) is 30.9 Å². The summed E-state index contributed by atoms with van der Waals surface area (Å²) in [6.45, 7) is 0.546. The number of aldehydes is 1. The van der Waals surface area contributed by atoms with Crippen molar-refractivity contribution in [2.45, 2.75) is 6.04 Å². The molecule has 0 aliphatic carbocycles. The van der Waals surface area contributed by atoms with E-state index in [1.807, 2.05) is 61.5 Å². The van der Waals surface area contributed by atoms with Crippen molar-refractivity contribution in [3.8, 4) is 0 Å². The fourth-order valence-corrected chi connectivity index (χ4v) is 3.31. The van der Waals surface area contributed by atoms with Gasteiger partial charge in [-0.05, 0) is 18.2 Å². The summed E-state index contributed by atoms with van der Waals surface area (Å²) in [4.78, 5) is 24.6. The standard InChI is InChI=1S/C19H21N7O/c1-24(2)14-6-4-5-13(9-14)22-18-19-21-10-17(26(19)8-7-20-18)15-11-25(3)23-16(15)12-27/h4-9,11-12,17H,10H2,1-3H3,(H,20,22). The van der Waals surface area contributed by atoms with E-state index in [0.717, 1.165) is 29.1 Å². The summed E-state index contributed by atoms with van der Waals surface area (Å²) in [6.07, 6.45) is 6.30. The van der Waals surface area contributed by atoms with Crippen LogP contribution < -0.4 is 10.2 Å². The topological polar surface area (TPSA) is 78.1 Å². The molecule has 2 aliphatic heterocycles. The minimum Gasteiger partial charge on any atom is -0.378 e. The molecule has 4 rings (SSSR count). The number of rotatable bonds is 4. The second-order valence-corrected chi connectivity index (χ2v) is 6.69. The third-order valence-electron chi connectivity index (χ3n) is 4.62. The minimum absolute atomic E-state index is 0.0643. The van der Waals surface area contributed by atoms with Crippen molar-refractivity contribution in [3.63, 3.8) is 0 Å². The first-order valence-electron chi connectivity index (χ1n) is 8.67. The highest BCUT2D eigenvalue weighted by atomic mass is 16.1. The molecule has 3 heterocycles. The molecule has 0 saturated heterocycles. The Kier molecular flexibility index (Phi) is 4.23. The van der Waals surface area contributed by atoms with Gasteiger partial charge < -0.3 is 15.1 Å². The maximum Gasteiger partial charge on any atom is 0.173 e. The van der Waals surface area contributed by atoms with Crippen LogP contribution in [-0.4, -0.2) is 53.3 Å². The lowest BCUT2D eigenvalue weighted by Gasteiger charge is -2.26. The SMILES string of the molecule is CN(C)c1cccc(NC2=NC=CN3C2=NCC3c2cn(C)nc2C=O)c1. The van der Waals surface area contributed by atoms with E-state index in [9.17, 15) is 4.79 Å². The molecule has 0 saturated carbocycles. The number of nitrogens with one attached hydrogen (secondary N) is 1. The monoisotopic (exact) mass is 363 g/mol. The lowest BCUT2D eigenvalue weighted by atomic mass is 10.1. The number of carbonyl (C=O) groups is 1. The Morgan fingerprint density at radius 2 is 2.19 bits per heavy atom. The van der Waals surface area contributed by atoms with Crippen LogP contribution >= 0.6 is 0 Å². The van der Waals surface area contributed by atoms with E-state index < -0.39 is 0 Å². The van der Waals surface area contributed by atoms with E-state index in [2.05, 4.69) is 26.5 Å². The minimum atomic E-state index is -0.0643. The second-order valence-electron chi connectivity index (χ2n) is 6.69. The highest BCUT2D eigenvalue weighted by Crippen LogP contribution is 2.30. The molecule has 0 radical (unpaired) electrons. The maximum atomic E-state index is 11.4. The van der Waals surface area contributed by atoms with Gasteiger partial charge in [0.25, 0.3) is 0 Å². The van der Waals surface area contributed by atoms with Crippen molar-refractivity contribution in [1.29, 1.82) is 0 Å². The quantitative estimate of drug-likeness (QED) is 0.841. The molecule has 2 aromatic rings. The molecule has 1 aromatic heterocycles. The third kappa shape index (κ3) is 3.10. The summed E-state index contributed by atoms with van der Waals surface area (Å²) < 4.78 is 1.66. The van der Waals surface area contributed by atoms with Crippen LogP contribution in [0.3, 0.4) is 0 Å². The fraction of sp³-hybridized carbons (Fsp3) is 0.263. The van der Waals surface area contributed by atoms with E-state index in [1.54, 1.807) is 10.9 Å². The Morgan fingerprint density at radius 3 is 2.96 bits per heavy atom. The third-order valence-corrected chi connectivity index (χ3v) is 4.62. The summed E-state index contributed by atoms with van der Waals surface area (Å²) in [5.41, 5.74) is 3.35. The van der Waals surface area contributed by atoms with Gasteiger partial charge in [-0.25, -0.2) is 4.99 Å². The first-order chi connectivity index (χ1) is 13.1. The van der Waals surface area contributed by atoms with Crippen LogP contribution in [0.25, 0.3) is 0 Å². The molecule has 27 heavy (non-hydrogen) atoms. The number of hydrogen-bond acceptors (Lipinski definition) is 7. The van der Waals surface area contributed by atoms with Gasteiger partial charge in [0.15, 0.2) is 18.0 Å². The Labute approximate surface area is 157 Å². The van der Waals surface area contributed by atoms with Crippen molar-refractivity contribution in [2.24, 2.45) is 17.0 Å². The number of nitrogens with zero attached hydrogens (tertiary/aromatic N) is 6. The molecule has 1 aromatic carbocycles. The van der Waals surface area contributed by atoms with Crippen LogP contribution in [0.4, 0.5) is 11.4 Å². The largest absolute Gasteiger partial charge is 0.378 e. The number of aromatic nitrogens is 2. The van der Waals surface area contributed by atoms with E-state index >= 15 is 0 Å². The van der Waals surface area contributed by atoms with Gasteiger partial charge in [0.1, 0.15) is 5.69 Å². The summed E-state index contributed by atoms with van der Waals surface area (Å²) in [6, 6.07) is 8.04. The van der Waals surface area contributed by atoms with E-state index in [-0.39, 0.29) is 6.04 Å². The summed E-state index contributed by atoms with van der Waals surface area (Å²) in [5, 5.41) is 7.58. The van der Waals surface area contributed by atoms with Crippen LogP contribution in [0.2, 0.25) is 0 Å². The van der Waals surface area contributed by atoms with Crippen molar-refractivity contribution < 1.29 is 4.79 Å². The number of carbonyl (C=O) groups excluding carboxylic acids is 1. The Balaban J connectivity index is 1.58. The first-order valence-corrected chi connectivity index (χ1v) is 8.67. The maximum absolute atomic E-state index is 11.4. The van der Waals surface area contributed by atoms with Gasteiger partial charge >= 0.3 is 0 Å². The molecule has 1 unspecified atom stereocenters. The number of hydrogen-bond donors (Lipinski definition) is 1. The average Bonchev–Trinajstić information content (AvgIpc) is 3.25. The number of fused-ring (bicyclic) bond motifs is 1. The zero-order valence-corrected chi connectivity index (χ0v) is 15.5. The lowest BCUT2D eigenvalue weighted by molar-refractivity contribution is 0.111. The lowest BCUT2D eigenvalue weighted by Crippen LogP contribution is -2.37. The number of aryl methyl sites for hydroxylation is 1. The molecule has 0 bridgehead atoms. The van der Waals surface area contributed by atoms with Gasteiger partial charge in [-0.3, -0.25) is 14.5 Å². The van der Waals surface area contributed by atoms with Crippen LogP contribution in [-0.2, 0) is 7.05 Å². The normalized spacial score (nSPS) is 18.0. The first kappa shape index (κ1) is 17.0. The average molecular weight is 363 g/mol. The van der Waals surface area contributed by atoms with E-state index in [1.165, 1.54) is 0 Å². The Hall–Kier alpha value is -3.42. The van der Waals surface area contributed by atoms with Crippen LogP contribution in [0.5, 0.6) is 0 Å². The summed E-state index contributed by atoms with van der Waals surface area (Å²) >= 11 is 0. The highest BCUT2D eigenvalue weighted by Gasteiger charge is 2.34. The van der Waals surface area contributed by atoms with Gasteiger partial charge in [0.05, 0.1) is 12.6 Å². The molecule has 8 heteroatoms. The second kappa shape index (κ2) is 6.71. The van der Waals surface area contributed by atoms with E-state index in [0.29, 0.717) is 18.1 Å². The smallest absolute Gasteiger partial charge is 0.173 e. The summed E-state index contributed by atoms with van der Waals surface area (Å²) in [5.74, 6) is 1.45. The fourth-order valence-electron chi connectivity index (χ4n) is 3.31. The molecule has 8 nitrogen and oxygen atoms in total. The molecule has 2 aliphatic rings. The molecule has 1 N–H and O–H groups in total. The molecular formula is C19H21N7O. The highest BCUT2D eigenvalue weighted by molar-refractivity contribution is 6.45. The van der Waals surface area contributed by atoms with Crippen molar-refractivity contribution in [1.82, 2.24) is 14.7 Å². The van der Waals surface area contributed by atoms with Gasteiger partial charge in [-0.15, -0.1) is 0 Å². The molecular weight excluding hydrogens is 342 g/mol. The Bertz CT molecular complexity index is 970. The zero-order valence-electron chi connectivity index (χ0n) is 15.5. The summed E-state index contributed by atoms with van der Waals surface area (Å²) in [7, 11) is 5.82. The predicted octanol–water partition coefficient (Wildman–Crippen LogP) is 2.05. The van der Waals surface area contributed by atoms with Gasteiger partial charge in [0, 0.05) is 56.7 Å². The van der Waals surface area contributed by atoms with Crippen molar-refractivity contribution >= 4 is 29.3 Å². The van der Waals surface area contributed by atoms with E-state index in [4.69, 9.17) is 0 Å². The predicted molar refractivity (Wildman–Crippen MR) is 106 cm³/mol. The molecule has 1 atom stereocenters. The molecule has 0 amide bonds.